The zero-order chi connectivity index (χ0) is 13.7. The predicted octanol–water partition coefficient (Wildman–Crippen LogP) is 1.40. The summed E-state index contributed by atoms with van der Waals surface area (Å²) in [5.41, 5.74) is 6.86. The first-order valence-electron chi connectivity index (χ1n) is 6.34. The van der Waals surface area contributed by atoms with Crippen LogP contribution < -0.4 is 10.9 Å². The molecule has 1 aromatic rings. The average Bonchev–Trinajstić information content (AvgIpc) is 2.81. The van der Waals surface area contributed by atoms with Crippen LogP contribution in [0.15, 0.2) is 55.6 Å². The van der Waals surface area contributed by atoms with Gasteiger partial charge in [0.25, 0.3) is 5.91 Å². The van der Waals surface area contributed by atoms with Crippen molar-refractivity contribution in [2.75, 3.05) is 13.1 Å². The molecular weight excluding hydrogens is 238 g/mol. The fraction of sp³-hybridized carbons (Fsp3) is 0.267. The molecule has 1 aromatic carbocycles. The molecule has 1 aliphatic heterocycles. The third kappa shape index (κ3) is 2.92. The first kappa shape index (κ1) is 13.5. The van der Waals surface area contributed by atoms with E-state index < -0.39 is 0 Å². The van der Waals surface area contributed by atoms with Gasteiger partial charge in [-0.05, 0) is 5.56 Å². The van der Waals surface area contributed by atoms with Gasteiger partial charge in [0.1, 0.15) is 6.04 Å². The molecule has 1 heterocycles. The number of nitrogens with zero attached hydrogens (tertiary/aromatic N) is 1. The van der Waals surface area contributed by atoms with E-state index in [4.69, 9.17) is 0 Å². The number of nitrogens with one attached hydrogen (secondary N) is 2. The van der Waals surface area contributed by atoms with E-state index in [0.29, 0.717) is 13.1 Å². The van der Waals surface area contributed by atoms with E-state index in [2.05, 4.69) is 24.0 Å². The fourth-order valence-corrected chi connectivity index (χ4v) is 2.39. The molecule has 100 valence electrons. The van der Waals surface area contributed by atoms with Crippen LogP contribution in [0.5, 0.6) is 0 Å². The number of carbonyl (C=O) groups excluding carboxylic acids is 1. The summed E-state index contributed by atoms with van der Waals surface area (Å²) < 4.78 is 0. The second-order valence-electron chi connectivity index (χ2n) is 4.50. The Morgan fingerprint density at radius 1 is 1.16 bits per heavy atom. The van der Waals surface area contributed by atoms with Crippen LogP contribution in [0, 0.1) is 0 Å². The summed E-state index contributed by atoms with van der Waals surface area (Å²) in [7, 11) is 0. The fourth-order valence-electron chi connectivity index (χ4n) is 2.39. The van der Waals surface area contributed by atoms with Gasteiger partial charge in [-0.2, -0.15) is 0 Å². The lowest BCUT2D eigenvalue weighted by atomic mass is 9.99. The van der Waals surface area contributed by atoms with Crippen LogP contribution in [0.4, 0.5) is 0 Å². The zero-order valence-electron chi connectivity index (χ0n) is 10.9. The smallest absolute Gasteiger partial charge is 0.253 e. The molecule has 0 aliphatic carbocycles. The van der Waals surface area contributed by atoms with E-state index in [9.17, 15) is 4.79 Å². The molecule has 4 nitrogen and oxygen atoms in total. The van der Waals surface area contributed by atoms with Crippen LogP contribution in [-0.2, 0) is 4.79 Å². The van der Waals surface area contributed by atoms with E-state index in [1.807, 2.05) is 35.2 Å². The number of amides is 1. The summed E-state index contributed by atoms with van der Waals surface area (Å²) in [5.74, 6) is -0.0162. The van der Waals surface area contributed by atoms with Crippen molar-refractivity contribution < 1.29 is 4.79 Å². The lowest BCUT2D eigenvalue weighted by molar-refractivity contribution is -0.123. The minimum Gasteiger partial charge on any atom is -0.289 e. The molecule has 0 unspecified atom stereocenters. The summed E-state index contributed by atoms with van der Waals surface area (Å²) in [6.07, 6.45) is 3.61. The van der Waals surface area contributed by atoms with Crippen LogP contribution in [0.2, 0.25) is 0 Å². The summed E-state index contributed by atoms with van der Waals surface area (Å²) in [5, 5.41) is 0. The lowest BCUT2D eigenvalue weighted by Crippen LogP contribution is -2.43. The van der Waals surface area contributed by atoms with Crippen molar-refractivity contribution in [3.63, 3.8) is 0 Å². The zero-order valence-corrected chi connectivity index (χ0v) is 10.9. The van der Waals surface area contributed by atoms with Gasteiger partial charge in [0, 0.05) is 13.1 Å². The summed E-state index contributed by atoms with van der Waals surface area (Å²) >= 11 is 0. The molecule has 0 radical (unpaired) electrons. The highest BCUT2D eigenvalue weighted by Gasteiger charge is 2.38. The third-order valence-corrected chi connectivity index (χ3v) is 3.21. The van der Waals surface area contributed by atoms with Crippen molar-refractivity contribution in [2.24, 2.45) is 0 Å². The number of benzene rings is 1. The third-order valence-electron chi connectivity index (χ3n) is 3.21. The van der Waals surface area contributed by atoms with E-state index in [0.717, 1.165) is 5.56 Å². The Morgan fingerprint density at radius 2 is 1.79 bits per heavy atom. The SMILES string of the molecule is C=CCN(CC=C)[C@H]1C(=O)NN[C@@H]1c1ccccc1. The predicted molar refractivity (Wildman–Crippen MR) is 76.2 cm³/mol. The van der Waals surface area contributed by atoms with Crippen molar-refractivity contribution in [1.29, 1.82) is 0 Å². The molecular formula is C15H19N3O. The van der Waals surface area contributed by atoms with E-state index >= 15 is 0 Å². The molecule has 19 heavy (non-hydrogen) atoms. The lowest BCUT2D eigenvalue weighted by Gasteiger charge is -2.28. The molecule has 1 amide bonds. The van der Waals surface area contributed by atoms with Gasteiger partial charge in [0.05, 0.1) is 6.04 Å². The van der Waals surface area contributed by atoms with Crippen LogP contribution in [0.3, 0.4) is 0 Å². The Kier molecular flexibility index (Phi) is 4.49. The van der Waals surface area contributed by atoms with Gasteiger partial charge < -0.3 is 0 Å². The number of carbonyl (C=O) groups is 1. The van der Waals surface area contributed by atoms with Gasteiger partial charge in [0.15, 0.2) is 0 Å². The van der Waals surface area contributed by atoms with Gasteiger partial charge in [-0.3, -0.25) is 15.1 Å². The Morgan fingerprint density at radius 3 is 2.37 bits per heavy atom. The summed E-state index contributed by atoms with van der Waals surface area (Å²) in [6.45, 7) is 8.79. The van der Waals surface area contributed by atoms with Crippen LogP contribution in [0.25, 0.3) is 0 Å². The molecule has 0 aromatic heterocycles. The maximum atomic E-state index is 12.1. The Bertz CT molecular complexity index is 448. The molecule has 0 spiro atoms. The van der Waals surface area contributed by atoms with Crippen molar-refractivity contribution >= 4 is 5.91 Å². The minimum absolute atomic E-state index is 0.0162. The molecule has 2 N–H and O–H groups in total. The first-order valence-corrected chi connectivity index (χ1v) is 6.34. The number of hydrazine groups is 1. The largest absolute Gasteiger partial charge is 0.289 e. The van der Waals surface area contributed by atoms with Gasteiger partial charge in [-0.15, -0.1) is 13.2 Å². The van der Waals surface area contributed by atoms with Gasteiger partial charge in [0.2, 0.25) is 0 Å². The maximum absolute atomic E-state index is 12.1. The van der Waals surface area contributed by atoms with Crippen molar-refractivity contribution in [2.45, 2.75) is 12.1 Å². The Hall–Kier alpha value is -1.91. The standard InChI is InChI=1S/C15H19N3O/c1-3-10-18(11-4-2)14-13(16-17-15(14)19)12-8-6-5-7-9-12/h3-9,13-14,16H,1-2,10-11H2,(H,17,19)/t13-,14-/m1/s1. The molecule has 1 fully saturated rings. The molecule has 4 heteroatoms. The van der Waals surface area contributed by atoms with Gasteiger partial charge in [-0.1, -0.05) is 42.5 Å². The van der Waals surface area contributed by atoms with Crippen molar-refractivity contribution in [3.8, 4) is 0 Å². The van der Waals surface area contributed by atoms with Crippen molar-refractivity contribution in [1.82, 2.24) is 15.8 Å². The van der Waals surface area contributed by atoms with E-state index in [-0.39, 0.29) is 18.0 Å². The summed E-state index contributed by atoms with van der Waals surface area (Å²) in [6, 6.07) is 9.64. The second-order valence-corrected chi connectivity index (χ2v) is 4.50. The molecule has 0 bridgehead atoms. The minimum atomic E-state index is -0.251. The molecule has 1 saturated heterocycles. The van der Waals surface area contributed by atoms with Gasteiger partial charge >= 0.3 is 0 Å². The molecule has 1 aliphatic rings. The topological polar surface area (TPSA) is 44.4 Å². The molecule has 2 rings (SSSR count). The van der Waals surface area contributed by atoms with Crippen molar-refractivity contribution in [3.05, 3.63) is 61.2 Å². The summed E-state index contributed by atoms with van der Waals surface area (Å²) in [4.78, 5) is 14.1. The Balaban J connectivity index is 2.25. The Labute approximate surface area is 113 Å². The maximum Gasteiger partial charge on any atom is 0.253 e. The highest BCUT2D eigenvalue weighted by molar-refractivity contribution is 5.84. The highest BCUT2D eigenvalue weighted by atomic mass is 16.2. The van der Waals surface area contributed by atoms with Crippen LogP contribution in [0.1, 0.15) is 11.6 Å². The second kappa shape index (κ2) is 6.31. The first-order chi connectivity index (χ1) is 9.27. The number of rotatable bonds is 6. The molecule has 2 atom stereocenters. The normalized spacial score (nSPS) is 22.3. The quantitative estimate of drug-likeness (QED) is 0.757. The van der Waals surface area contributed by atoms with E-state index in [1.54, 1.807) is 12.2 Å². The highest BCUT2D eigenvalue weighted by Crippen LogP contribution is 2.24. The van der Waals surface area contributed by atoms with E-state index in [1.165, 1.54) is 0 Å². The number of hydrogen-bond acceptors (Lipinski definition) is 3. The average molecular weight is 257 g/mol. The van der Waals surface area contributed by atoms with Crippen LogP contribution >= 0.6 is 0 Å². The number of hydrogen-bond donors (Lipinski definition) is 2. The monoisotopic (exact) mass is 257 g/mol. The van der Waals surface area contributed by atoms with Crippen LogP contribution in [-0.4, -0.2) is 29.9 Å². The van der Waals surface area contributed by atoms with Gasteiger partial charge in [-0.25, -0.2) is 5.43 Å². The molecule has 0 saturated carbocycles.